The fraction of sp³-hybridized carbons (Fsp3) is 0.818. The van der Waals surface area contributed by atoms with Crippen molar-refractivity contribution in [2.24, 2.45) is 5.92 Å². The molecular weight excluding hydrogens is 226 g/mol. The van der Waals surface area contributed by atoms with Crippen molar-refractivity contribution in [3.8, 4) is 0 Å². The van der Waals surface area contributed by atoms with Crippen LogP contribution in [0.5, 0.6) is 0 Å². The van der Waals surface area contributed by atoms with Crippen LogP contribution in [0.3, 0.4) is 0 Å². The zero-order valence-electron chi connectivity index (χ0n) is 9.98. The van der Waals surface area contributed by atoms with Crippen LogP contribution in [0.1, 0.15) is 19.3 Å². The molecule has 6 nitrogen and oxygen atoms in total. The van der Waals surface area contributed by atoms with Gasteiger partial charge in [0.1, 0.15) is 6.04 Å². The maximum atomic E-state index is 11.4. The van der Waals surface area contributed by atoms with E-state index in [0.717, 1.165) is 12.8 Å². The van der Waals surface area contributed by atoms with Crippen molar-refractivity contribution in [2.75, 3.05) is 26.9 Å². The number of nitrogens with one attached hydrogen (secondary N) is 1. The molecule has 0 aliphatic heterocycles. The Bertz CT molecular complexity index is 265. The number of hydrogen-bond acceptors (Lipinski definition) is 4. The third kappa shape index (κ3) is 5.65. The predicted octanol–water partition coefficient (Wildman–Crippen LogP) is 0.0189. The van der Waals surface area contributed by atoms with E-state index in [1.54, 1.807) is 7.11 Å². The second kappa shape index (κ2) is 7.24. The molecule has 1 unspecified atom stereocenters. The van der Waals surface area contributed by atoms with Gasteiger partial charge < -0.3 is 19.9 Å². The van der Waals surface area contributed by atoms with Gasteiger partial charge >= 0.3 is 5.97 Å². The van der Waals surface area contributed by atoms with E-state index >= 15 is 0 Å². The second-order valence-corrected chi connectivity index (χ2v) is 4.08. The third-order valence-electron chi connectivity index (χ3n) is 2.58. The Balaban J connectivity index is 2.12. The maximum absolute atomic E-state index is 11.4. The van der Waals surface area contributed by atoms with E-state index in [9.17, 15) is 9.59 Å². The zero-order chi connectivity index (χ0) is 12.7. The van der Waals surface area contributed by atoms with Gasteiger partial charge in [-0.15, -0.1) is 0 Å². The Hall–Kier alpha value is -1.14. The van der Waals surface area contributed by atoms with Gasteiger partial charge in [0.15, 0.2) is 0 Å². The molecule has 1 rings (SSSR count). The van der Waals surface area contributed by atoms with Gasteiger partial charge in [-0.1, -0.05) is 0 Å². The molecule has 1 aliphatic rings. The van der Waals surface area contributed by atoms with Crippen LogP contribution in [0.2, 0.25) is 0 Å². The van der Waals surface area contributed by atoms with E-state index < -0.39 is 12.0 Å². The number of methoxy groups -OCH3 is 1. The fourth-order valence-electron chi connectivity index (χ4n) is 1.47. The van der Waals surface area contributed by atoms with E-state index in [0.29, 0.717) is 13.2 Å². The molecule has 6 heteroatoms. The fourth-order valence-corrected chi connectivity index (χ4v) is 1.47. The van der Waals surface area contributed by atoms with Crippen molar-refractivity contribution < 1.29 is 24.2 Å². The standard InChI is InChI=1S/C11H19NO5/c1-16-6-7-17-5-4-9(13)12-10(11(14)15)8-2-3-8/h8,10H,2-7H2,1H3,(H,12,13)(H,14,15). The van der Waals surface area contributed by atoms with Crippen LogP contribution in [-0.4, -0.2) is 50.0 Å². The van der Waals surface area contributed by atoms with E-state index in [1.807, 2.05) is 0 Å². The largest absolute Gasteiger partial charge is 0.480 e. The molecule has 0 bridgehead atoms. The van der Waals surface area contributed by atoms with Gasteiger partial charge in [0.2, 0.25) is 5.91 Å². The Kier molecular flexibility index (Phi) is 5.93. The molecule has 0 radical (unpaired) electrons. The molecule has 0 spiro atoms. The smallest absolute Gasteiger partial charge is 0.326 e. The van der Waals surface area contributed by atoms with Crippen LogP contribution in [0.25, 0.3) is 0 Å². The lowest BCUT2D eigenvalue weighted by atomic mass is 10.2. The van der Waals surface area contributed by atoms with Crippen molar-refractivity contribution >= 4 is 11.9 Å². The molecule has 0 aromatic carbocycles. The van der Waals surface area contributed by atoms with Gasteiger partial charge in [-0.3, -0.25) is 4.79 Å². The molecule has 1 saturated carbocycles. The summed E-state index contributed by atoms with van der Waals surface area (Å²) >= 11 is 0. The predicted molar refractivity (Wildman–Crippen MR) is 59.6 cm³/mol. The summed E-state index contributed by atoms with van der Waals surface area (Å²) in [4.78, 5) is 22.3. The monoisotopic (exact) mass is 245 g/mol. The Morgan fingerprint density at radius 1 is 1.35 bits per heavy atom. The summed E-state index contributed by atoms with van der Waals surface area (Å²) in [6, 6.07) is -0.735. The zero-order valence-corrected chi connectivity index (χ0v) is 9.98. The molecule has 98 valence electrons. The minimum Gasteiger partial charge on any atom is -0.480 e. The molecule has 1 fully saturated rings. The first-order valence-corrected chi connectivity index (χ1v) is 5.74. The lowest BCUT2D eigenvalue weighted by Gasteiger charge is -2.13. The quantitative estimate of drug-likeness (QED) is 0.559. The summed E-state index contributed by atoms with van der Waals surface area (Å²) in [6.07, 6.45) is 1.93. The Labute approximate surface area is 100 Å². The number of amides is 1. The lowest BCUT2D eigenvalue weighted by Crippen LogP contribution is -2.42. The van der Waals surface area contributed by atoms with Crippen LogP contribution >= 0.6 is 0 Å². The normalized spacial score (nSPS) is 16.5. The van der Waals surface area contributed by atoms with Crippen LogP contribution < -0.4 is 5.32 Å². The van der Waals surface area contributed by atoms with Crippen molar-refractivity contribution in [3.63, 3.8) is 0 Å². The summed E-state index contributed by atoms with van der Waals surface area (Å²) in [7, 11) is 1.57. The van der Waals surface area contributed by atoms with Crippen molar-refractivity contribution in [1.29, 1.82) is 0 Å². The first-order chi connectivity index (χ1) is 8.15. The number of rotatable bonds is 9. The number of carboxylic acids is 1. The van der Waals surface area contributed by atoms with Gasteiger partial charge in [-0.05, 0) is 18.8 Å². The SMILES string of the molecule is COCCOCCC(=O)NC(C(=O)O)C1CC1. The van der Waals surface area contributed by atoms with E-state index in [1.165, 1.54) is 0 Å². The average Bonchev–Trinajstić information content (AvgIpc) is 3.09. The maximum Gasteiger partial charge on any atom is 0.326 e. The second-order valence-electron chi connectivity index (χ2n) is 4.08. The third-order valence-corrected chi connectivity index (χ3v) is 2.58. The number of aliphatic carboxylic acids is 1. The van der Waals surface area contributed by atoms with Crippen LogP contribution in [0.15, 0.2) is 0 Å². The Morgan fingerprint density at radius 3 is 2.59 bits per heavy atom. The molecule has 1 atom stereocenters. The molecule has 17 heavy (non-hydrogen) atoms. The van der Waals surface area contributed by atoms with Crippen molar-refractivity contribution in [3.05, 3.63) is 0 Å². The van der Waals surface area contributed by atoms with Crippen LogP contribution in [-0.2, 0) is 19.1 Å². The van der Waals surface area contributed by atoms with Gasteiger partial charge in [0, 0.05) is 13.5 Å². The number of carboxylic acid groups (broad SMARTS) is 1. The molecule has 0 heterocycles. The van der Waals surface area contributed by atoms with Crippen molar-refractivity contribution in [1.82, 2.24) is 5.32 Å². The van der Waals surface area contributed by atoms with E-state index in [-0.39, 0.29) is 24.9 Å². The summed E-state index contributed by atoms with van der Waals surface area (Å²) in [5.74, 6) is -1.13. The van der Waals surface area contributed by atoms with Gasteiger partial charge in [-0.2, -0.15) is 0 Å². The van der Waals surface area contributed by atoms with Crippen LogP contribution in [0.4, 0.5) is 0 Å². The van der Waals surface area contributed by atoms with E-state index in [2.05, 4.69) is 5.32 Å². The molecule has 2 N–H and O–H groups in total. The molecule has 0 aromatic heterocycles. The summed E-state index contributed by atoms with van der Waals surface area (Å²) in [5.41, 5.74) is 0. The minimum absolute atomic E-state index is 0.103. The highest BCUT2D eigenvalue weighted by Crippen LogP contribution is 2.32. The molecule has 1 amide bonds. The average molecular weight is 245 g/mol. The summed E-state index contributed by atoms with van der Waals surface area (Å²) < 4.78 is 9.91. The first-order valence-electron chi connectivity index (χ1n) is 5.74. The first kappa shape index (κ1) is 13.9. The Morgan fingerprint density at radius 2 is 2.06 bits per heavy atom. The topological polar surface area (TPSA) is 84.9 Å². The number of hydrogen-bond donors (Lipinski definition) is 2. The molecular formula is C11H19NO5. The number of ether oxygens (including phenoxy) is 2. The minimum atomic E-state index is -0.957. The number of carbonyl (C=O) groups is 2. The van der Waals surface area contributed by atoms with E-state index in [4.69, 9.17) is 14.6 Å². The van der Waals surface area contributed by atoms with Crippen LogP contribution in [0, 0.1) is 5.92 Å². The lowest BCUT2D eigenvalue weighted by molar-refractivity contribution is -0.142. The number of carbonyl (C=O) groups excluding carboxylic acids is 1. The van der Waals surface area contributed by atoms with Gasteiger partial charge in [-0.25, -0.2) is 4.79 Å². The highest BCUT2D eigenvalue weighted by atomic mass is 16.5. The van der Waals surface area contributed by atoms with Gasteiger partial charge in [0.05, 0.1) is 19.8 Å². The molecule has 0 aromatic rings. The van der Waals surface area contributed by atoms with Gasteiger partial charge in [0.25, 0.3) is 0 Å². The van der Waals surface area contributed by atoms with Crippen molar-refractivity contribution in [2.45, 2.75) is 25.3 Å². The summed E-state index contributed by atoms with van der Waals surface area (Å²) in [5, 5.41) is 11.4. The molecule has 0 saturated heterocycles. The highest BCUT2D eigenvalue weighted by molar-refractivity contribution is 5.84. The summed E-state index contributed by atoms with van der Waals surface area (Å²) in [6.45, 7) is 1.21. The molecule has 1 aliphatic carbocycles. The highest BCUT2D eigenvalue weighted by Gasteiger charge is 2.37.